The molecule has 7 heteroatoms. The highest BCUT2D eigenvalue weighted by molar-refractivity contribution is 5.76. The van der Waals surface area contributed by atoms with Gasteiger partial charge in [0.2, 0.25) is 5.91 Å². The number of benzene rings is 1. The summed E-state index contributed by atoms with van der Waals surface area (Å²) in [7, 11) is 0. The predicted molar refractivity (Wildman–Crippen MR) is 89.0 cm³/mol. The Morgan fingerprint density at radius 1 is 1.29 bits per heavy atom. The van der Waals surface area contributed by atoms with Gasteiger partial charge in [-0.05, 0) is 37.1 Å². The second kappa shape index (κ2) is 6.90. The van der Waals surface area contributed by atoms with Crippen LogP contribution in [0.1, 0.15) is 24.0 Å². The standard InChI is InChI=1S/C17H22N4O3/c1-12-3-4-15(9-13(12)2)24-14-5-7-20(8-6-14)16(22)10-21-11-18-19-17(21)23/h3-4,9,11,14H,5-8,10H2,1-2H3,(H,19,23). The number of hydrogen-bond acceptors (Lipinski definition) is 4. The normalized spacial score (nSPS) is 15.5. The van der Waals surface area contributed by atoms with Gasteiger partial charge in [-0.3, -0.25) is 9.36 Å². The van der Waals surface area contributed by atoms with Crippen LogP contribution in [0.5, 0.6) is 5.75 Å². The number of nitrogens with zero attached hydrogens (tertiary/aromatic N) is 3. The van der Waals surface area contributed by atoms with Crippen molar-refractivity contribution in [3.8, 4) is 5.75 Å². The second-order valence-electron chi connectivity index (χ2n) is 6.23. The molecule has 0 atom stereocenters. The summed E-state index contributed by atoms with van der Waals surface area (Å²) in [6.07, 6.45) is 3.04. The highest BCUT2D eigenvalue weighted by Gasteiger charge is 2.24. The molecule has 7 nitrogen and oxygen atoms in total. The number of carbonyl (C=O) groups excluding carboxylic acids is 1. The average Bonchev–Trinajstić information content (AvgIpc) is 2.97. The van der Waals surface area contributed by atoms with Crippen molar-refractivity contribution in [3.05, 3.63) is 46.1 Å². The molecule has 0 radical (unpaired) electrons. The van der Waals surface area contributed by atoms with E-state index in [0.29, 0.717) is 13.1 Å². The van der Waals surface area contributed by atoms with Gasteiger partial charge in [0.05, 0.1) is 0 Å². The Kier molecular flexibility index (Phi) is 4.69. The molecule has 2 aromatic rings. The molecule has 3 rings (SSSR count). The molecule has 1 N–H and O–H groups in total. The first-order valence-electron chi connectivity index (χ1n) is 8.14. The number of H-pyrrole nitrogens is 1. The molecule has 0 spiro atoms. The van der Waals surface area contributed by atoms with Gasteiger partial charge in [-0.1, -0.05) is 6.07 Å². The lowest BCUT2D eigenvalue weighted by atomic mass is 10.1. The minimum absolute atomic E-state index is 0.0258. The molecule has 1 aromatic heterocycles. The number of hydrogen-bond donors (Lipinski definition) is 1. The lowest BCUT2D eigenvalue weighted by Crippen LogP contribution is -2.43. The summed E-state index contributed by atoms with van der Waals surface area (Å²) in [5.74, 6) is 0.816. The van der Waals surface area contributed by atoms with Gasteiger partial charge in [0.15, 0.2) is 0 Å². The minimum Gasteiger partial charge on any atom is -0.490 e. The first-order chi connectivity index (χ1) is 11.5. The summed E-state index contributed by atoms with van der Waals surface area (Å²) in [5.41, 5.74) is 2.10. The van der Waals surface area contributed by atoms with Crippen molar-refractivity contribution < 1.29 is 9.53 Å². The number of rotatable bonds is 4. The molecule has 0 saturated carbocycles. The van der Waals surface area contributed by atoms with Crippen molar-refractivity contribution in [2.75, 3.05) is 13.1 Å². The van der Waals surface area contributed by atoms with Crippen LogP contribution in [-0.4, -0.2) is 44.8 Å². The van der Waals surface area contributed by atoms with Gasteiger partial charge in [0, 0.05) is 25.9 Å². The Morgan fingerprint density at radius 2 is 2.04 bits per heavy atom. The van der Waals surface area contributed by atoms with Crippen LogP contribution in [0.3, 0.4) is 0 Å². The molecule has 1 saturated heterocycles. The van der Waals surface area contributed by atoms with Crippen molar-refractivity contribution in [1.29, 1.82) is 0 Å². The first-order valence-corrected chi connectivity index (χ1v) is 8.14. The van der Waals surface area contributed by atoms with Crippen LogP contribution >= 0.6 is 0 Å². The number of aryl methyl sites for hydroxylation is 2. The lowest BCUT2D eigenvalue weighted by Gasteiger charge is -2.32. The van der Waals surface area contributed by atoms with Crippen LogP contribution in [0.4, 0.5) is 0 Å². The third-order valence-electron chi connectivity index (χ3n) is 4.50. The zero-order chi connectivity index (χ0) is 17.1. The van der Waals surface area contributed by atoms with E-state index in [1.807, 2.05) is 6.07 Å². The largest absolute Gasteiger partial charge is 0.490 e. The summed E-state index contributed by atoms with van der Waals surface area (Å²) in [4.78, 5) is 25.4. The van der Waals surface area contributed by atoms with Crippen LogP contribution in [0.2, 0.25) is 0 Å². The third-order valence-corrected chi connectivity index (χ3v) is 4.50. The molecule has 2 heterocycles. The van der Waals surface area contributed by atoms with Crippen LogP contribution in [0, 0.1) is 13.8 Å². The average molecular weight is 330 g/mol. The van der Waals surface area contributed by atoms with Crippen molar-refractivity contribution in [2.24, 2.45) is 0 Å². The number of carbonyl (C=O) groups is 1. The van der Waals surface area contributed by atoms with Gasteiger partial charge < -0.3 is 9.64 Å². The van der Waals surface area contributed by atoms with E-state index in [1.165, 1.54) is 22.0 Å². The van der Waals surface area contributed by atoms with Crippen LogP contribution in [0.15, 0.2) is 29.3 Å². The van der Waals surface area contributed by atoms with Crippen molar-refractivity contribution >= 4 is 5.91 Å². The second-order valence-corrected chi connectivity index (χ2v) is 6.23. The highest BCUT2D eigenvalue weighted by Crippen LogP contribution is 2.21. The Balaban J connectivity index is 1.52. The smallest absolute Gasteiger partial charge is 0.343 e. The summed E-state index contributed by atoms with van der Waals surface area (Å²) in [5, 5.41) is 5.91. The summed E-state index contributed by atoms with van der Waals surface area (Å²) in [6, 6.07) is 6.11. The molecule has 1 aliphatic rings. The van der Waals surface area contributed by atoms with Gasteiger partial charge in [0.25, 0.3) is 0 Å². The van der Waals surface area contributed by atoms with Gasteiger partial charge in [-0.15, -0.1) is 0 Å². The van der Waals surface area contributed by atoms with E-state index in [4.69, 9.17) is 4.74 Å². The summed E-state index contributed by atoms with van der Waals surface area (Å²) >= 11 is 0. The van der Waals surface area contributed by atoms with E-state index in [2.05, 4.69) is 36.2 Å². The summed E-state index contributed by atoms with van der Waals surface area (Å²) in [6.45, 7) is 5.45. The van der Waals surface area contributed by atoms with Crippen molar-refractivity contribution in [2.45, 2.75) is 39.3 Å². The monoisotopic (exact) mass is 330 g/mol. The van der Waals surface area contributed by atoms with E-state index in [0.717, 1.165) is 18.6 Å². The molecular weight excluding hydrogens is 308 g/mol. The van der Waals surface area contributed by atoms with Crippen LogP contribution < -0.4 is 10.4 Å². The molecular formula is C17H22N4O3. The molecule has 24 heavy (non-hydrogen) atoms. The van der Waals surface area contributed by atoms with Gasteiger partial charge in [-0.2, -0.15) is 5.10 Å². The van der Waals surface area contributed by atoms with E-state index < -0.39 is 0 Å². The Labute approximate surface area is 140 Å². The summed E-state index contributed by atoms with van der Waals surface area (Å²) < 4.78 is 7.31. The molecule has 0 aliphatic carbocycles. The van der Waals surface area contributed by atoms with E-state index in [-0.39, 0.29) is 24.2 Å². The maximum absolute atomic E-state index is 12.2. The Bertz CT molecular complexity index is 772. The number of piperidine rings is 1. The number of aromatic amines is 1. The van der Waals surface area contributed by atoms with Crippen molar-refractivity contribution in [3.63, 3.8) is 0 Å². The first kappa shape index (κ1) is 16.3. The fourth-order valence-electron chi connectivity index (χ4n) is 2.83. The number of ether oxygens (including phenoxy) is 1. The van der Waals surface area contributed by atoms with Crippen LogP contribution in [-0.2, 0) is 11.3 Å². The maximum Gasteiger partial charge on any atom is 0.343 e. The SMILES string of the molecule is Cc1ccc(OC2CCN(C(=O)Cn3cn[nH]c3=O)CC2)cc1C. The Hall–Kier alpha value is -2.57. The maximum atomic E-state index is 12.2. The third kappa shape index (κ3) is 3.67. The van der Waals surface area contributed by atoms with Crippen LogP contribution in [0.25, 0.3) is 0 Å². The molecule has 0 unspecified atom stereocenters. The number of nitrogens with one attached hydrogen (secondary N) is 1. The molecule has 1 amide bonds. The number of amides is 1. The van der Waals surface area contributed by atoms with Gasteiger partial charge in [0.1, 0.15) is 24.7 Å². The molecule has 128 valence electrons. The van der Waals surface area contributed by atoms with Crippen molar-refractivity contribution in [1.82, 2.24) is 19.7 Å². The molecule has 1 aromatic carbocycles. The molecule has 1 aliphatic heterocycles. The van der Waals surface area contributed by atoms with E-state index in [9.17, 15) is 9.59 Å². The Morgan fingerprint density at radius 3 is 2.67 bits per heavy atom. The lowest BCUT2D eigenvalue weighted by molar-refractivity contribution is -0.133. The quantitative estimate of drug-likeness (QED) is 0.915. The topological polar surface area (TPSA) is 80.2 Å². The molecule has 1 fully saturated rings. The number of aromatic nitrogens is 3. The van der Waals surface area contributed by atoms with Gasteiger partial charge >= 0.3 is 5.69 Å². The fourth-order valence-corrected chi connectivity index (χ4v) is 2.83. The fraction of sp³-hybridized carbons (Fsp3) is 0.471. The van der Waals surface area contributed by atoms with E-state index in [1.54, 1.807) is 4.90 Å². The number of likely N-dealkylation sites (tertiary alicyclic amines) is 1. The van der Waals surface area contributed by atoms with Gasteiger partial charge in [-0.25, -0.2) is 9.89 Å². The van der Waals surface area contributed by atoms with E-state index >= 15 is 0 Å². The zero-order valence-electron chi connectivity index (χ0n) is 14.0. The predicted octanol–water partition coefficient (Wildman–Crippen LogP) is 1.26. The highest BCUT2D eigenvalue weighted by atomic mass is 16.5. The zero-order valence-corrected chi connectivity index (χ0v) is 14.0. The molecule has 0 bridgehead atoms. The minimum atomic E-state index is -0.365.